The minimum atomic E-state index is -1.40. The van der Waals surface area contributed by atoms with Crippen LogP contribution >= 0.6 is 0 Å². The number of aliphatic hydroxyl groups is 1. The number of esters is 1. The number of halogens is 1. The number of carbonyl (C=O) groups is 2. The summed E-state index contributed by atoms with van der Waals surface area (Å²) in [5, 5.41) is 12.6. The van der Waals surface area contributed by atoms with Crippen LogP contribution in [0.5, 0.6) is 0 Å². The van der Waals surface area contributed by atoms with Crippen molar-refractivity contribution in [3.63, 3.8) is 0 Å². The molecule has 1 amide bonds. The molecule has 2 rings (SSSR count). The lowest BCUT2D eigenvalue weighted by Crippen LogP contribution is -2.45. The Labute approximate surface area is 139 Å². The summed E-state index contributed by atoms with van der Waals surface area (Å²) in [6.07, 6.45) is -1.27. The van der Waals surface area contributed by atoms with Gasteiger partial charge in [0.05, 0.1) is 7.11 Å². The van der Waals surface area contributed by atoms with Crippen molar-refractivity contribution in [2.75, 3.05) is 7.11 Å². The highest BCUT2D eigenvalue weighted by atomic mass is 19.1. The average molecular weight is 331 g/mol. The smallest absolute Gasteiger partial charge is 0.328 e. The molecule has 0 fully saturated rings. The van der Waals surface area contributed by atoms with Gasteiger partial charge in [-0.25, -0.2) is 9.18 Å². The van der Waals surface area contributed by atoms with Gasteiger partial charge in [-0.3, -0.25) is 4.79 Å². The molecule has 6 heteroatoms. The zero-order valence-electron chi connectivity index (χ0n) is 13.1. The Kier molecular flexibility index (Phi) is 6.03. The molecule has 2 aromatic carbocycles. The van der Waals surface area contributed by atoms with Gasteiger partial charge in [0.1, 0.15) is 11.9 Å². The molecule has 0 saturated carbocycles. The molecule has 0 aliphatic carbocycles. The summed E-state index contributed by atoms with van der Waals surface area (Å²) in [6, 6.07) is 13.0. The molecule has 0 spiro atoms. The largest absolute Gasteiger partial charge is 0.467 e. The second-order valence-corrected chi connectivity index (χ2v) is 5.23. The van der Waals surface area contributed by atoms with E-state index in [4.69, 9.17) is 0 Å². The van der Waals surface area contributed by atoms with Crippen molar-refractivity contribution in [1.82, 2.24) is 5.32 Å². The van der Waals surface area contributed by atoms with Gasteiger partial charge in [0, 0.05) is 6.42 Å². The minimum Gasteiger partial charge on any atom is -0.467 e. The van der Waals surface area contributed by atoms with E-state index in [1.54, 1.807) is 30.3 Å². The van der Waals surface area contributed by atoms with Crippen molar-refractivity contribution in [3.05, 3.63) is 71.5 Å². The molecular weight excluding hydrogens is 313 g/mol. The van der Waals surface area contributed by atoms with Gasteiger partial charge in [-0.15, -0.1) is 0 Å². The molecule has 5 nitrogen and oxygen atoms in total. The number of ether oxygens (including phenoxy) is 1. The number of hydrogen-bond acceptors (Lipinski definition) is 4. The van der Waals surface area contributed by atoms with Crippen molar-refractivity contribution in [3.8, 4) is 0 Å². The molecule has 2 atom stereocenters. The van der Waals surface area contributed by atoms with Crippen LogP contribution in [-0.2, 0) is 20.7 Å². The van der Waals surface area contributed by atoms with Gasteiger partial charge in [-0.1, -0.05) is 42.5 Å². The van der Waals surface area contributed by atoms with Crippen LogP contribution in [0.15, 0.2) is 54.6 Å². The summed E-state index contributed by atoms with van der Waals surface area (Å²) in [5.41, 5.74) is 1.07. The highest BCUT2D eigenvalue weighted by molar-refractivity contribution is 5.87. The standard InChI is InChI=1S/C18H18FNO4/c1-24-18(23)15(11-12-7-9-14(19)10-8-12)20-17(22)16(21)13-5-3-2-4-6-13/h2-10,15-16,21H,11H2,1H3,(H,20,22)/t15-,16+/m1/s1. The third-order valence-electron chi connectivity index (χ3n) is 3.52. The molecule has 0 bridgehead atoms. The molecule has 2 N–H and O–H groups in total. The molecule has 0 saturated heterocycles. The van der Waals surface area contributed by atoms with E-state index in [1.165, 1.54) is 31.4 Å². The van der Waals surface area contributed by atoms with Crippen molar-refractivity contribution in [1.29, 1.82) is 0 Å². The van der Waals surface area contributed by atoms with E-state index in [1.807, 2.05) is 0 Å². The average Bonchev–Trinajstić information content (AvgIpc) is 2.62. The number of amides is 1. The van der Waals surface area contributed by atoms with Crippen LogP contribution in [0, 0.1) is 5.82 Å². The molecule has 0 heterocycles. The Morgan fingerprint density at radius 1 is 1.12 bits per heavy atom. The normalized spacial score (nSPS) is 13.0. The summed E-state index contributed by atoms with van der Waals surface area (Å²) >= 11 is 0. The Bertz CT molecular complexity index is 688. The van der Waals surface area contributed by atoms with E-state index in [2.05, 4.69) is 10.1 Å². The Morgan fingerprint density at radius 3 is 2.33 bits per heavy atom. The lowest BCUT2D eigenvalue weighted by Gasteiger charge is -2.19. The fraction of sp³-hybridized carbons (Fsp3) is 0.222. The molecule has 24 heavy (non-hydrogen) atoms. The van der Waals surface area contributed by atoms with E-state index in [0.29, 0.717) is 11.1 Å². The molecule has 0 aliphatic rings. The zero-order chi connectivity index (χ0) is 17.5. The lowest BCUT2D eigenvalue weighted by atomic mass is 10.0. The van der Waals surface area contributed by atoms with Crippen LogP contribution in [0.3, 0.4) is 0 Å². The van der Waals surface area contributed by atoms with E-state index in [0.717, 1.165) is 0 Å². The highest BCUT2D eigenvalue weighted by Gasteiger charge is 2.26. The van der Waals surface area contributed by atoms with E-state index < -0.39 is 29.8 Å². The van der Waals surface area contributed by atoms with Crippen molar-refractivity contribution < 1.29 is 23.8 Å². The maximum Gasteiger partial charge on any atom is 0.328 e. The van der Waals surface area contributed by atoms with Crippen LogP contribution in [0.2, 0.25) is 0 Å². The van der Waals surface area contributed by atoms with Crippen LogP contribution < -0.4 is 5.32 Å². The molecular formula is C18H18FNO4. The predicted octanol–water partition coefficient (Wildman–Crippen LogP) is 1.76. The van der Waals surface area contributed by atoms with Gasteiger partial charge in [0.2, 0.25) is 0 Å². The first kappa shape index (κ1) is 17.6. The van der Waals surface area contributed by atoms with E-state index >= 15 is 0 Å². The van der Waals surface area contributed by atoms with Gasteiger partial charge >= 0.3 is 5.97 Å². The topological polar surface area (TPSA) is 75.6 Å². The van der Waals surface area contributed by atoms with Gasteiger partial charge < -0.3 is 15.2 Å². The third kappa shape index (κ3) is 4.63. The number of rotatable bonds is 6. The number of methoxy groups -OCH3 is 1. The van der Waals surface area contributed by atoms with Crippen molar-refractivity contribution in [2.24, 2.45) is 0 Å². The maximum atomic E-state index is 13.0. The first-order valence-electron chi connectivity index (χ1n) is 7.37. The van der Waals surface area contributed by atoms with Crippen LogP contribution in [-0.4, -0.2) is 30.1 Å². The predicted molar refractivity (Wildman–Crippen MR) is 85.5 cm³/mol. The molecule has 0 radical (unpaired) electrons. The van der Waals surface area contributed by atoms with Crippen LogP contribution in [0.4, 0.5) is 4.39 Å². The zero-order valence-corrected chi connectivity index (χ0v) is 13.1. The molecule has 0 aliphatic heterocycles. The Hall–Kier alpha value is -2.73. The van der Waals surface area contributed by atoms with Gasteiger partial charge in [0.25, 0.3) is 5.91 Å². The molecule has 0 unspecified atom stereocenters. The van der Waals surface area contributed by atoms with Crippen molar-refractivity contribution >= 4 is 11.9 Å². The van der Waals surface area contributed by atoms with Crippen molar-refractivity contribution in [2.45, 2.75) is 18.6 Å². The van der Waals surface area contributed by atoms with Crippen LogP contribution in [0.25, 0.3) is 0 Å². The van der Waals surface area contributed by atoms with Gasteiger partial charge in [0.15, 0.2) is 6.10 Å². The first-order chi connectivity index (χ1) is 11.5. The first-order valence-corrected chi connectivity index (χ1v) is 7.37. The third-order valence-corrected chi connectivity index (χ3v) is 3.52. The van der Waals surface area contributed by atoms with E-state index in [9.17, 15) is 19.1 Å². The quantitative estimate of drug-likeness (QED) is 0.791. The summed E-state index contributed by atoms with van der Waals surface area (Å²) in [7, 11) is 1.21. The number of aliphatic hydroxyl groups excluding tert-OH is 1. The van der Waals surface area contributed by atoms with Gasteiger partial charge in [-0.2, -0.15) is 0 Å². The Balaban J connectivity index is 2.09. The number of nitrogens with one attached hydrogen (secondary N) is 1. The summed E-state index contributed by atoms with van der Waals surface area (Å²) in [5.74, 6) is -1.75. The second kappa shape index (κ2) is 8.21. The Morgan fingerprint density at radius 2 is 1.75 bits per heavy atom. The summed E-state index contributed by atoms with van der Waals surface area (Å²) < 4.78 is 17.6. The minimum absolute atomic E-state index is 0.125. The monoisotopic (exact) mass is 331 g/mol. The number of hydrogen-bond donors (Lipinski definition) is 2. The number of benzene rings is 2. The fourth-order valence-corrected chi connectivity index (χ4v) is 2.23. The highest BCUT2D eigenvalue weighted by Crippen LogP contribution is 2.13. The molecule has 126 valence electrons. The van der Waals surface area contributed by atoms with Crippen LogP contribution in [0.1, 0.15) is 17.2 Å². The lowest BCUT2D eigenvalue weighted by molar-refractivity contribution is -0.146. The molecule has 2 aromatic rings. The van der Waals surface area contributed by atoms with E-state index in [-0.39, 0.29) is 6.42 Å². The summed E-state index contributed by atoms with van der Waals surface area (Å²) in [6.45, 7) is 0. The molecule has 0 aromatic heterocycles. The SMILES string of the molecule is COC(=O)[C@@H](Cc1ccc(F)cc1)NC(=O)[C@@H](O)c1ccccc1. The van der Waals surface area contributed by atoms with Gasteiger partial charge in [-0.05, 0) is 23.3 Å². The number of carbonyl (C=O) groups excluding carboxylic acids is 2. The fourth-order valence-electron chi connectivity index (χ4n) is 2.23. The maximum absolute atomic E-state index is 13.0. The summed E-state index contributed by atoms with van der Waals surface area (Å²) in [4.78, 5) is 24.1. The second-order valence-electron chi connectivity index (χ2n) is 5.23.